The maximum absolute atomic E-state index is 14.9. The van der Waals surface area contributed by atoms with Gasteiger partial charge in [0.25, 0.3) is 17.8 Å². The summed E-state index contributed by atoms with van der Waals surface area (Å²) in [6.07, 6.45) is 1.58. The van der Waals surface area contributed by atoms with Gasteiger partial charge in [0.05, 0.1) is 11.6 Å². The zero-order valence-electron chi connectivity index (χ0n) is 19.3. The van der Waals surface area contributed by atoms with Gasteiger partial charge in [0.15, 0.2) is 5.82 Å². The predicted octanol–water partition coefficient (Wildman–Crippen LogP) is 5.19. The van der Waals surface area contributed by atoms with Crippen molar-refractivity contribution in [2.75, 3.05) is 6.54 Å². The van der Waals surface area contributed by atoms with Crippen molar-refractivity contribution in [3.8, 4) is 5.95 Å². The number of nitrogens with zero attached hydrogens (tertiary/aromatic N) is 6. The maximum atomic E-state index is 14.9. The van der Waals surface area contributed by atoms with E-state index in [1.54, 1.807) is 13.0 Å². The van der Waals surface area contributed by atoms with Crippen molar-refractivity contribution >= 4 is 5.91 Å². The Hall–Kier alpha value is -3.44. The first-order chi connectivity index (χ1) is 17.1. The molecule has 2 aliphatic carbocycles. The quantitative estimate of drug-likeness (QED) is 0.393. The third kappa shape index (κ3) is 4.80. The van der Waals surface area contributed by atoms with Crippen molar-refractivity contribution in [3.63, 3.8) is 0 Å². The number of halogens is 5. The van der Waals surface area contributed by atoms with E-state index in [1.807, 2.05) is 0 Å². The molecule has 1 atom stereocenters. The van der Waals surface area contributed by atoms with Gasteiger partial charge in [-0.05, 0) is 62.8 Å². The molecule has 7 nitrogen and oxygen atoms in total. The molecule has 12 heteroatoms. The maximum Gasteiger partial charge on any atom is 0.416 e. The molecule has 2 saturated carbocycles. The zero-order valence-corrected chi connectivity index (χ0v) is 19.3. The van der Waals surface area contributed by atoms with Crippen LogP contribution in [-0.2, 0) is 12.1 Å². The molecular weight excluding hydrogens is 483 g/mol. The molecule has 2 aliphatic rings. The third-order valence-corrected chi connectivity index (χ3v) is 6.55. The summed E-state index contributed by atoms with van der Waals surface area (Å²) in [5.74, 6) is -4.58. The van der Waals surface area contributed by atoms with Crippen LogP contribution in [0, 0.1) is 11.8 Å². The monoisotopic (exact) mass is 506 g/mol. The first-order valence-electron chi connectivity index (χ1n) is 11.6. The van der Waals surface area contributed by atoms with Gasteiger partial charge in [-0.2, -0.15) is 23.0 Å². The van der Waals surface area contributed by atoms with Crippen molar-refractivity contribution in [3.05, 3.63) is 65.5 Å². The van der Waals surface area contributed by atoms with Gasteiger partial charge in [0, 0.05) is 36.0 Å². The largest absolute Gasteiger partial charge is 0.416 e. The second kappa shape index (κ2) is 8.90. The van der Waals surface area contributed by atoms with Crippen LogP contribution in [0.3, 0.4) is 0 Å². The molecule has 36 heavy (non-hydrogen) atoms. The molecule has 2 aromatic heterocycles. The van der Waals surface area contributed by atoms with E-state index in [9.17, 15) is 26.7 Å². The first kappa shape index (κ1) is 24.3. The van der Waals surface area contributed by atoms with E-state index in [-0.39, 0.29) is 31.3 Å². The molecule has 5 rings (SSSR count). The van der Waals surface area contributed by atoms with Gasteiger partial charge in [-0.15, -0.1) is 0 Å². The van der Waals surface area contributed by atoms with Crippen LogP contribution < -0.4 is 0 Å². The summed E-state index contributed by atoms with van der Waals surface area (Å²) in [4.78, 5) is 27.5. The molecule has 0 aliphatic heterocycles. The molecule has 2 fully saturated rings. The van der Waals surface area contributed by atoms with Gasteiger partial charge in [0.1, 0.15) is 6.33 Å². The number of carbonyl (C=O) groups excluding carboxylic acids is 1. The summed E-state index contributed by atoms with van der Waals surface area (Å²) in [5, 5.41) is 4.13. The second-order valence-electron chi connectivity index (χ2n) is 9.35. The second-order valence-corrected chi connectivity index (χ2v) is 9.35. The van der Waals surface area contributed by atoms with Crippen LogP contribution >= 0.6 is 0 Å². The number of hydrogen-bond acceptors (Lipinski definition) is 5. The van der Waals surface area contributed by atoms with Gasteiger partial charge in [0.2, 0.25) is 0 Å². The van der Waals surface area contributed by atoms with Crippen LogP contribution in [0.1, 0.15) is 66.0 Å². The van der Waals surface area contributed by atoms with Gasteiger partial charge < -0.3 is 4.90 Å². The van der Waals surface area contributed by atoms with E-state index in [0.717, 1.165) is 18.9 Å². The number of hydrogen-bond donors (Lipinski definition) is 0. The molecule has 0 radical (unpaired) electrons. The van der Waals surface area contributed by atoms with Gasteiger partial charge in [-0.3, -0.25) is 4.79 Å². The van der Waals surface area contributed by atoms with Crippen LogP contribution in [0.4, 0.5) is 22.0 Å². The molecule has 1 aromatic carbocycles. The Kier molecular flexibility index (Phi) is 6.00. The summed E-state index contributed by atoms with van der Waals surface area (Å²) in [6, 6.07) is 2.87. The van der Waals surface area contributed by atoms with Crippen molar-refractivity contribution < 1.29 is 26.7 Å². The van der Waals surface area contributed by atoms with Crippen molar-refractivity contribution in [1.29, 1.82) is 0 Å². The Morgan fingerprint density at radius 3 is 2.31 bits per heavy atom. The fraction of sp³-hybridized carbons (Fsp3) is 0.458. The Morgan fingerprint density at radius 1 is 1.03 bits per heavy atom. The summed E-state index contributed by atoms with van der Waals surface area (Å²) in [7, 11) is 0. The van der Waals surface area contributed by atoms with E-state index < -0.39 is 46.7 Å². The van der Waals surface area contributed by atoms with Gasteiger partial charge >= 0.3 is 6.18 Å². The van der Waals surface area contributed by atoms with Crippen molar-refractivity contribution in [1.82, 2.24) is 29.6 Å². The lowest BCUT2D eigenvalue weighted by Crippen LogP contribution is -2.37. The number of amides is 1. The topological polar surface area (TPSA) is 76.8 Å². The highest BCUT2D eigenvalue weighted by molar-refractivity contribution is 5.95. The average molecular weight is 506 g/mol. The third-order valence-electron chi connectivity index (χ3n) is 6.55. The van der Waals surface area contributed by atoms with E-state index >= 15 is 0 Å². The van der Waals surface area contributed by atoms with E-state index in [2.05, 4.69) is 20.1 Å². The molecule has 1 amide bonds. The van der Waals surface area contributed by atoms with E-state index in [0.29, 0.717) is 18.0 Å². The summed E-state index contributed by atoms with van der Waals surface area (Å²) in [5.41, 5.74) is -2.50. The SMILES string of the molecule is CC(c1ncnn1-c1ncccn1)N(CC1CC1)C(=O)c1cc(C(F)(F)F)cc(C(F)(F)C2CC2)c1. The number of alkyl halides is 5. The number of carbonyl (C=O) groups is 1. The van der Waals surface area contributed by atoms with Crippen molar-refractivity contribution in [2.24, 2.45) is 11.8 Å². The Morgan fingerprint density at radius 2 is 1.69 bits per heavy atom. The molecule has 0 spiro atoms. The van der Waals surface area contributed by atoms with Crippen molar-refractivity contribution in [2.45, 2.75) is 50.7 Å². The molecule has 1 unspecified atom stereocenters. The number of benzene rings is 1. The standard InChI is InChI=1S/C24H23F5N6O/c1-14(20-32-13-33-35(20)22-30-7-2-8-31-22)34(12-15-3-4-15)21(36)16-9-18(23(25,26)17-5-6-17)11-19(10-16)24(27,28)29/h2,7-11,13-15,17H,3-6,12H2,1H3. The highest BCUT2D eigenvalue weighted by atomic mass is 19.4. The summed E-state index contributed by atoms with van der Waals surface area (Å²) >= 11 is 0. The van der Waals surface area contributed by atoms with E-state index in [4.69, 9.17) is 0 Å². The molecule has 190 valence electrons. The molecule has 0 saturated heterocycles. The summed E-state index contributed by atoms with van der Waals surface area (Å²) < 4.78 is 72.0. The van der Waals surface area contributed by atoms with E-state index in [1.165, 1.54) is 28.3 Å². The van der Waals surface area contributed by atoms with Crippen LogP contribution in [-0.4, -0.2) is 42.1 Å². The Labute approximate surface area is 203 Å². The van der Waals surface area contributed by atoms with Crippen LogP contribution in [0.15, 0.2) is 43.0 Å². The molecule has 2 heterocycles. The number of rotatable bonds is 8. The van der Waals surface area contributed by atoms with Gasteiger partial charge in [-0.1, -0.05) is 0 Å². The molecule has 3 aromatic rings. The highest BCUT2D eigenvalue weighted by Crippen LogP contribution is 2.50. The smallest absolute Gasteiger partial charge is 0.328 e. The lowest BCUT2D eigenvalue weighted by Gasteiger charge is -2.29. The van der Waals surface area contributed by atoms with Crippen LogP contribution in [0.5, 0.6) is 0 Å². The van der Waals surface area contributed by atoms with Crippen LogP contribution in [0.25, 0.3) is 5.95 Å². The lowest BCUT2D eigenvalue weighted by molar-refractivity contribution is -0.137. The molecule has 0 N–H and O–H groups in total. The fourth-order valence-electron chi connectivity index (χ4n) is 4.18. The molecular formula is C24H23F5N6O. The minimum absolute atomic E-state index is 0.166. The molecule has 0 bridgehead atoms. The minimum Gasteiger partial charge on any atom is -0.328 e. The predicted molar refractivity (Wildman–Crippen MR) is 117 cm³/mol. The summed E-state index contributed by atoms with van der Waals surface area (Å²) in [6.45, 7) is 1.91. The average Bonchev–Trinajstić information content (AvgIpc) is 3.79. The Bertz CT molecular complexity index is 1250. The highest BCUT2D eigenvalue weighted by Gasteiger charge is 2.49. The zero-order chi connectivity index (χ0) is 25.7. The lowest BCUT2D eigenvalue weighted by atomic mass is 9.97. The minimum atomic E-state index is -4.89. The Balaban J connectivity index is 1.54. The first-order valence-corrected chi connectivity index (χ1v) is 11.6. The van der Waals surface area contributed by atoms with Gasteiger partial charge in [-0.25, -0.2) is 23.7 Å². The normalized spacial score (nSPS) is 17.2. The fourth-order valence-corrected chi connectivity index (χ4v) is 4.18. The van der Waals surface area contributed by atoms with Crippen LogP contribution in [0.2, 0.25) is 0 Å². The number of aromatic nitrogens is 5.